The second-order valence-electron chi connectivity index (χ2n) is 7.26. The van der Waals surface area contributed by atoms with Gasteiger partial charge in [-0.05, 0) is 54.2 Å². The highest BCUT2D eigenvalue weighted by Crippen LogP contribution is 2.27. The van der Waals surface area contributed by atoms with Crippen LogP contribution < -0.4 is 10.2 Å². The number of nitrogens with zero attached hydrogens (tertiary/aromatic N) is 1. The molecule has 0 heterocycles. The van der Waals surface area contributed by atoms with Gasteiger partial charge >= 0.3 is 0 Å². The summed E-state index contributed by atoms with van der Waals surface area (Å²) < 4.78 is 5.62. The van der Waals surface area contributed by atoms with E-state index in [4.69, 9.17) is 16.3 Å². The Labute approximate surface area is 160 Å². The lowest BCUT2D eigenvalue weighted by Crippen LogP contribution is -2.25. The molecule has 1 N–H and O–H groups in total. The lowest BCUT2D eigenvalue weighted by molar-refractivity contribution is -0.123. The fourth-order valence-corrected chi connectivity index (χ4v) is 2.48. The summed E-state index contributed by atoms with van der Waals surface area (Å²) in [4.78, 5) is 12.0. The quantitative estimate of drug-likeness (QED) is 0.601. The van der Waals surface area contributed by atoms with Gasteiger partial charge in [0.2, 0.25) is 0 Å². The highest BCUT2D eigenvalue weighted by Gasteiger charge is 2.15. The van der Waals surface area contributed by atoms with Crippen molar-refractivity contribution < 1.29 is 9.53 Å². The van der Waals surface area contributed by atoms with Crippen LogP contribution in [0.5, 0.6) is 5.75 Å². The van der Waals surface area contributed by atoms with Crippen molar-refractivity contribution in [3.63, 3.8) is 0 Å². The van der Waals surface area contributed by atoms with Gasteiger partial charge in [-0.25, -0.2) is 5.43 Å². The Balaban J connectivity index is 1.92. The maximum atomic E-state index is 12.0. The Morgan fingerprint density at radius 1 is 1.15 bits per heavy atom. The van der Waals surface area contributed by atoms with Crippen LogP contribution in [0.1, 0.15) is 44.4 Å². The molecule has 0 aliphatic rings. The van der Waals surface area contributed by atoms with Crippen molar-refractivity contribution in [1.82, 2.24) is 5.43 Å². The van der Waals surface area contributed by atoms with Gasteiger partial charge in [0, 0.05) is 5.02 Å². The van der Waals surface area contributed by atoms with Crippen LogP contribution in [0.2, 0.25) is 5.02 Å². The zero-order valence-corrected chi connectivity index (χ0v) is 16.6. The predicted molar refractivity (Wildman–Crippen MR) is 107 cm³/mol. The number of carbonyl (C=O) groups is 1. The molecule has 0 radical (unpaired) electrons. The lowest BCUT2D eigenvalue weighted by atomic mass is 9.86. The van der Waals surface area contributed by atoms with Crippen molar-refractivity contribution >= 4 is 23.2 Å². The normalized spacial score (nSPS) is 12.0. The molecule has 2 rings (SSSR count). The number of aryl methyl sites for hydroxylation is 1. The van der Waals surface area contributed by atoms with Crippen LogP contribution in [0.25, 0.3) is 0 Å². The molecule has 1 amide bonds. The molecule has 26 heavy (non-hydrogen) atoms. The number of hydrazone groups is 1. The summed E-state index contributed by atoms with van der Waals surface area (Å²) in [5.74, 6) is 0.393. The molecule has 5 heteroatoms. The molecule has 138 valence electrons. The minimum atomic E-state index is -0.308. The van der Waals surface area contributed by atoms with Gasteiger partial charge in [0.1, 0.15) is 5.75 Å². The van der Waals surface area contributed by atoms with E-state index in [0.29, 0.717) is 16.5 Å². The first-order valence-electron chi connectivity index (χ1n) is 8.50. The number of rotatable bonds is 5. The fraction of sp³-hybridized carbons (Fsp3) is 0.333. The standard InChI is InChI=1S/C21H25ClN2O2/c1-14-12-17(21(3,4)5)8-11-19(14)26-13-20(25)24-23-15(2)16-6-9-18(22)10-7-16/h6-12H,13H2,1-5H3,(H,24,25). The molecule has 0 spiro atoms. The monoisotopic (exact) mass is 372 g/mol. The third-order valence-electron chi connectivity index (χ3n) is 4.01. The van der Waals surface area contributed by atoms with Gasteiger partial charge in [0.25, 0.3) is 5.91 Å². The van der Waals surface area contributed by atoms with Crippen molar-refractivity contribution in [3.8, 4) is 5.75 Å². The summed E-state index contributed by atoms with van der Waals surface area (Å²) in [6, 6.07) is 13.3. The van der Waals surface area contributed by atoms with Crippen LogP contribution in [-0.4, -0.2) is 18.2 Å². The Morgan fingerprint density at radius 2 is 1.81 bits per heavy atom. The van der Waals surface area contributed by atoms with Gasteiger partial charge in [-0.3, -0.25) is 4.79 Å². The smallest absolute Gasteiger partial charge is 0.277 e. The van der Waals surface area contributed by atoms with E-state index in [1.54, 1.807) is 12.1 Å². The maximum Gasteiger partial charge on any atom is 0.277 e. The molecule has 0 saturated heterocycles. The molecular weight excluding hydrogens is 348 g/mol. The average Bonchev–Trinajstić information content (AvgIpc) is 2.58. The van der Waals surface area contributed by atoms with E-state index in [2.05, 4.69) is 37.4 Å². The highest BCUT2D eigenvalue weighted by atomic mass is 35.5. The van der Waals surface area contributed by atoms with E-state index in [1.165, 1.54) is 5.56 Å². The molecule has 0 fully saturated rings. The number of hydrogen-bond acceptors (Lipinski definition) is 3. The number of hydrogen-bond donors (Lipinski definition) is 1. The molecule has 0 aliphatic heterocycles. The predicted octanol–water partition coefficient (Wildman–Crippen LogP) is 4.87. The molecule has 4 nitrogen and oxygen atoms in total. The first-order valence-corrected chi connectivity index (χ1v) is 8.87. The first-order chi connectivity index (χ1) is 12.2. The van der Waals surface area contributed by atoms with Gasteiger partial charge in [-0.2, -0.15) is 5.10 Å². The largest absolute Gasteiger partial charge is 0.483 e. The summed E-state index contributed by atoms with van der Waals surface area (Å²) in [7, 11) is 0. The average molecular weight is 373 g/mol. The third kappa shape index (κ3) is 5.60. The summed E-state index contributed by atoms with van der Waals surface area (Å²) in [6.07, 6.45) is 0. The Hall–Kier alpha value is -2.33. The van der Waals surface area contributed by atoms with E-state index < -0.39 is 0 Å². The summed E-state index contributed by atoms with van der Waals surface area (Å²) in [5.41, 5.74) is 6.41. The summed E-state index contributed by atoms with van der Waals surface area (Å²) in [6.45, 7) is 10.2. The van der Waals surface area contributed by atoms with Crippen LogP contribution in [0.4, 0.5) is 0 Å². The Morgan fingerprint density at radius 3 is 2.38 bits per heavy atom. The van der Waals surface area contributed by atoms with Crippen molar-refractivity contribution in [1.29, 1.82) is 0 Å². The number of ether oxygens (including phenoxy) is 1. The van der Waals surface area contributed by atoms with Crippen LogP contribution >= 0.6 is 11.6 Å². The highest BCUT2D eigenvalue weighted by molar-refractivity contribution is 6.30. The summed E-state index contributed by atoms with van der Waals surface area (Å²) in [5, 5.41) is 4.76. The fourth-order valence-electron chi connectivity index (χ4n) is 2.36. The van der Waals surface area contributed by atoms with Crippen LogP contribution in [0.3, 0.4) is 0 Å². The lowest BCUT2D eigenvalue weighted by Gasteiger charge is -2.20. The van der Waals surface area contributed by atoms with Crippen molar-refractivity contribution in [2.24, 2.45) is 5.10 Å². The molecule has 0 unspecified atom stereocenters. The van der Waals surface area contributed by atoms with Crippen molar-refractivity contribution in [2.45, 2.75) is 40.0 Å². The van der Waals surface area contributed by atoms with Gasteiger partial charge < -0.3 is 4.74 Å². The molecule has 0 bridgehead atoms. The number of amides is 1. The molecule has 0 saturated carbocycles. The third-order valence-corrected chi connectivity index (χ3v) is 4.26. The van der Waals surface area contributed by atoms with Crippen molar-refractivity contribution in [2.75, 3.05) is 6.61 Å². The van der Waals surface area contributed by atoms with E-state index in [0.717, 1.165) is 11.1 Å². The Kier molecular flexibility index (Phi) is 6.43. The number of nitrogens with one attached hydrogen (secondary N) is 1. The van der Waals surface area contributed by atoms with Gasteiger partial charge in [0.05, 0.1) is 5.71 Å². The van der Waals surface area contributed by atoms with E-state index in [-0.39, 0.29) is 17.9 Å². The van der Waals surface area contributed by atoms with Gasteiger partial charge in [-0.1, -0.05) is 56.6 Å². The molecule has 0 atom stereocenters. The summed E-state index contributed by atoms with van der Waals surface area (Å²) >= 11 is 5.86. The SMILES string of the molecule is CC(=NNC(=O)COc1ccc(C(C)(C)C)cc1C)c1ccc(Cl)cc1. The van der Waals surface area contributed by atoms with Gasteiger partial charge in [0.15, 0.2) is 6.61 Å². The molecule has 2 aromatic carbocycles. The Bertz CT molecular complexity index is 806. The molecule has 2 aromatic rings. The van der Waals surface area contributed by atoms with Gasteiger partial charge in [-0.15, -0.1) is 0 Å². The second-order valence-corrected chi connectivity index (χ2v) is 7.69. The van der Waals surface area contributed by atoms with Crippen molar-refractivity contribution in [3.05, 3.63) is 64.2 Å². The first kappa shape index (κ1) is 20.0. The molecule has 0 aromatic heterocycles. The molecular formula is C21H25ClN2O2. The van der Waals surface area contributed by atoms with E-state index in [9.17, 15) is 4.79 Å². The topological polar surface area (TPSA) is 50.7 Å². The maximum absolute atomic E-state index is 12.0. The van der Waals surface area contributed by atoms with E-state index in [1.807, 2.05) is 38.1 Å². The van der Waals surface area contributed by atoms with Crippen LogP contribution in [0.15, 0.2) is 47.6 Å². The van der Waals surface area contributed by atoms with E-state index >= 15 is 0 Å². The minimum Gasteiger partial charge on any atom is -0.483 e. The number of carbonyl (C=O) groups excluding carboxylic acids is 1. The van der Waals surface area contributed by atoms with Crippen LogP contribution in [-0.2, 0) is 10.2 Å². The molecule has 0 aliphatic carbocycles. The minimum absolute atomic E-state index is 0.0779. The second kappa shape index (κ2) is 8.37. The zero-order valence-electron chi connectivity index (χ0n) is 15.9. The zero-order chi connectivity index (χ0) is 19.3. The number of benzene rings is 2. The van der Waals surface area contributed by atoms with Crippen LogP contribution in [0, 0.1) is 6.92 Å². The number of halogens is 1.